The van der Waals surface area contributed by atoms with Crippen LogP contribution in [-0.2, 0) is 11.2 Å². The van der Waals surface area contributed by atoms with Crippen molar-refractivity contribution >= 4 is 29.1 Å². The first-order valence-corrected chi connectivity index (χ1v) is 8.47. The Balaban J connectivity index is 1.46. The van der Waals surface area contributed by atoms with Gasteiger partial charge in [0, 0.05) is 6.42 Å². The average Bonchev–Trinajstić information content (AvgIpc) is 2.61. The van der Waals surface area contributed by atoms with Gasteiger partial charge in [-0.05, 0) is 30.2 Å². The van der Waals surface area contributed by atoms with Crippen molar-refractivity contribution in [1.82, 2.24) is 5.32 Å². The van der Waals surface area contributed by atoms with Gasteiger partial charge in [0.2, 0.25) is 5.91 Å². The molecule has 0 saturated carbocycles. The number of halogens is 2. The fraction of sp³-hybridized carbons (Fsp3) is 0.278. The molecule has 4 nitrogen and oxygen atoms in total. The molecule has 1 aliphatic heterocycles. The van der Waals surface area contributed by atoms with Crippen molar-refractivity contribution in [1.29, 1.82) is 0 Å². The summed E-state index contributed by atoms with van der Waals surface area (Å²) in [5, 5.41) is 3.88. The fourth-order valence-corrected chi connectivity index (χ4v) is 2.88. The fourth-order valence-electron chi connectivity index (χ4n) is 2.47. The Kier molecular flexibility index (Phi) is 5.48. The second kappa shape index (κ2) is 7.77. The van der Waals surface area contributed by atoms with Crippen LogP contribution >= 0.6 is 23.2 Å². The minimum Gasteiger partial charge on any atom is -0.486 e. The van der Waals surface area contributed by atoms with Gasteiger partial charge in [-0.15, -0.1) is 0 Å². The summed E-state index contributed by atoms with van der Waals surface area (Å²) < 4.78 is 11.4. The highest BCUT2D eigenvalue weighted by Crippen LogP contribution is 2.30. The lowest BCUT2D eigenvalue weighted by Crippen LogP contribution is -2.40. The Hall–Kier alpha value is -1.91. The van der Waals surface area contributed by atoms with Gasteiger partial charge in [0.05, 0.1) is 16.6 Å². The Morgan fingerprint density at radius 2 is 1.92 bits per heavy atom. The van der Waals surface area contributed by atoms with E-state index < -0.39 is 0 Å². The number of hydrogen-bond donors (Lipinski definition) is 1. The molecule has 0 spiro atoms. The Bertz CT molecular complexity index is 736. The minimum absolute atomic E-state index is 0.0616. The van der Waals surface area contributed by atoms with E-state index in [-0.39, 0.29) is 12.0 Å². The number of carbonyl (C=O) groups is 1. The highest BCUT2D eigenvalue weighted by molar-refractivity contribution is 6.42. The number of fused-ring (bicyclic) bond motifs is 1. The van der Waals surface area contributed by atoms with Gasteiger partial charge in [-0.2, -0.15) is 0 Å². The van der Waals surface area contributed by atoms with Crippen molar-refractivity contribution in [3.8, 4) is 11.5 Å². The van der Waals surface area contributed by atoms with Gasteiger partial charge in [-0.3, -0.25) is 4.79 Å². The number of hydrogen-bond acceptors (Lipinski definition) is 3. The monoisotopic (exact) mass is 365 g/mol. The van der Waals surface area contributed by atoms with E-state index in [0.717, 1.165) is 11.3 Å². The van der Waals surface area contributed by atoms with Crippen LogP contribution in [0.2, 0.25) is 10.0 Å². The summed E-state index contributed by atoms with van der Waals surface area (Å²) in [5.74, 6) is 1.37. The smallest absolute Gasteiger partial charge is 0.220 e. The molecule has 6 heteroatoms. The first-order chi connectivity index (χ1) is 11.6. The SMILES string of the molecule is O=C(CCc1cccc(Cl)c1Cl)NCC1COc2ccccc2O1. The number of para-hydroxylation sites is 2. The van der Waals surface area contributed by atoms with Crippen LogP contribution in [0.3, 0.4) is 0 Å². The molecule has 1 amide bonds. The van der Waals surface area contributed by atoms with Crippen LogP contribution in [-0.4, -0.2) is 25.2 Å². The van der Waals surface area contributed by atoms with Crippen LogP contribution in [0.4, 0.5) is 0 Å². The van der Waals surface area contributed by atoms with E-state index >= 15 is 0 Å². The van der Waals surface area contributed by atoms with E-state index in [0.29, 0.717) is 41.8 Å². The van der Waals surface area contributed by atoms with Gasteiger partial charge in [0.25, 0.3) is 0 Å². The third-order valence-electron chi connectivity index (χ3n) is 3.75. The van der Waals surface area contributed by atoms with E-state index in [9.17, 15) is 4.79 Å². The molecule has 126 valence electrons. The quantitative estimate of drug-likeness (QED) is 0.874. The molecular formula is C18H17Cl2NO3. The molecule has 0 aliphatic carbocycles. The molecule has 0 radical (unpaired) electrons. The summed E-state index contributed by atoms with van der Waals surface area (Å²) in [5.41, 5.74) is 0.866. The maximum absolute atomic E-state index is 12.0. The van der Waals surface area contributed by atoms with Gasteiger partial charge in [-0.1, -0.05) is 47.5 Å². The molecule has 3 rings (SSSR count). The third kappa shape index (κ3) is 4.13. The zero-order chi connectivity index (χ0) is 16.9. The molecular weight excluding hydrogens is 349 g/mol. The zero-order valence-electron chi connectivity index (χ0n) is 12.9. The Labute approximate surface area is 150 Å². The van der Waals surface area contributed by atoms with E-state index in [1.54, 1.807) is 6.07 Å². The largest absolute Gasteiger partial charge is 0.486 e. The summed E-state index contributed by atoms with van der Waals surface area (Å²) in [7, 11) is 0. The molecule has 0 aromatic heterocycles. The van der Waals surface area contributed by atoms with Crippen molar-refractivity contribution in [3.05, 3.63) is 58.1 Å². The second-order valence-electron chi connectivity index (χ2n) is 5.51. The number of benzene rings is 2. The number of carbonyl (C=O) groups excluding carboxylic acids is 1. The highest BCUT2D eigenvalue weighted by Gasteiger charge is 2.21. The number of aryl methyl sites for hydroxylation is 1. The zero-order valence-corrected chi connectivity index (χ0v) is 14.4. The molecule has 1 atom stereocenters. The highest BCUT2D eigenvalue weighted by atomic mass is 35.5. The number of amides is 1. The van der Waals surface area contributed by atoms with Gasteiger partial charge in [0.1, 0.15) is 12.7 Å². The van der Waals surface area contributed by atoms with Crippen LogP contribution in [0.25, 0.3) is 0 Å². The molecule has 1 aliphatic rings. The predicted octanol–water partition coefficient (Wildman–Crippen LogP) is 3.88. The number of ether oxygens (including phenoxy) is 2. The summed E-state index contributed by atoms with van der Waals surface area (Å²) in [6, 6.07) is 12.9. The molecule has 2 aromatic rings. The van der Waals surface area contributed by atoms with Crippen molar-refractivity contribution < 1.29 is 14.3 Å². The van der Waals surface area contributed by atoms with Crippen LogP contribution in [0, 0.1) is 0 Å². The van der Waals surface area contributed by atoms with E-state index in [1.807, 2.05) is 36.4 Å². The predicted molar refractivity (Wildman–Crippen MR) is 94.1 cm³/mol. The van der Waals surface area contributed by atoms with Gasteiger partial charge in [0.15, 0.2) is 11.5 Å². The molecule has 0 saturated heterocycles. The third-order valence-corrected chi connectivity index (χ3v) is 4.61. The lowest BCUT2D eigenvalue weighted by Gasteiger charge is -2.26. The van der Waals surface area contributed by atoms with E-state index in [1.165, 1.54) is 0 Å². The maximum atomic E-state index is 12.0. The van der Waals surface area contributed by atoms with Gasteiger partial charge < -0.3 is 14.8 Å². The Morgan fingerprint density at radius 3 is 2.75 bits per heavy atom. The van der Waals surface area contributed by atoms with Crippen LogP contribution in [0.5, 0.6) is 11.5 Å². The maximum Gasteiger partial charge on any atom is 0.220 e. The van der Waals surface area contributed by atoms with Crippen LogP contribution in [0.15, 0.2) is 42.5 Å². The molecule has 2 aromatic carbocycles. The molecule has 24 heavy (non-hydrogen) atoms. The molecule has 0 bridgehead atoms. The summed E-state index contributed by atoms with van der Waals surface area (Å²) in [6.45, 7) is 0.813. The van der Waals surface area contributed by atoms with Crippen molar-refractivity contribution in [3.63, 3.8) is 0 Å². The summed E-state index contributed by atoms with van der Waals surface area (Å²) in [6.07, 6.45) is 0.680. The minimum atomic E-state index is -0.196. The summed E-state index contributed by atoms with van der Waals surface area (Å²) in [4.78, 5) is 12.0. The lowest BCUT2D eigenvalue weighted by atomic mass is 10.1. The average molecular weight is 366 g/mol. The number of rotatable bonds is 5. The summed E-state index contributed by atoms with van der Waals surface area (Å²) >= 11 is 12.1. The normalized spacial score (nSPS) is 15.8. The van der Waals surface area contributed by atoms with Crippen LogP contribution < -0.4 is 14.8 Å². The second-order valence-corrected chi connectivity index (χ2v) is 6.30. The first-order valence-electron chi connectivity index (χ1n) is 7.71. The standard InChI is InChI=1S/C18H17Cl2NO3/c19-14-5-3-4-12(18(14)20)8-9-17(22)21-10-13-11-23-15-6-1-2-7-16(15)24-13/h1-7,13H,8-11H2,(H,21,22). The lowest BCUT2D eigenvalue weighted by molar-refractivity contribution is -0.121. The van der Waals surface area contributed by atoms with Gasteiger partial charge in [-0.25, -0.2) is 0 Å². The molecule has 1 N–H and O–H groups in total. The first kappa shape index (κ1) is 16.9. The van der Waals surface area contributed by atoms with Crippen molar-refractivity contribution in [2.75, 3.05) is 13.2 Å². The Morgan fingerprint density at radius 1 is 1.12 bits per heavy atom. The number of nitrogens with one attached hydrogen (secondary N) is 1. The van der Waals surface area contributed by atoms with Crippen molar-refractivity contribution in [2.24, 2.45) is 0 Å². The van der Waals surface area contributed by atoms with Gasteiger partial charge >= 0.3 is 0 Å². The topological polar surface area (TPSA) is 47.6 Å². The molecule has 1 unspecified atom stereocenters. The molecule has 1 heterocycles. The van der Waals surface area contributed by atoms with Crippen LogP contribution in [0.1, 0.15) is 12.0 Å². The van der Waals surface area contributed by atoms with E-state index in [4.69, 9.17) is 32.7 Å². The van der Waals surface area contributed by atoms with E-state index in [2.05, 4.69) is 5.32 Å². The van der Waals surface area contributed by atoms with Crippen molar-refractivity contribution in [2.45, 2.75) is 18.9 Å². The molecule has 0 fully saturated rings.